The molecule has 1 aromatic heterocycles. The average molecular weight is 368 g/mol. The fraction of sp³-hybridized carbons (Fsp3) is 0.467. The van der Waals surface area contributed by atoms with Crippen LogP contribution in [0.3, 0.4) is 0 Å². The van der Waals surface area contributed by atoms with Gasteiger partial charge in [0.05, 0.1) is 12.1 Å². The summed E-state index contributed by atoms with van der Waals surface area (Å²) in [6.45, 7) is 3.91. The summed E-state index contributed by atoms with van der Waals surface area (Å²) in [4.78, 5) is 0. The second kappa shape index (κ2) is 6.50. The van der Waals surface area contributed by atoms with E-state index < -0.39 is 0 Å². The van der Waals surface area contributed by atoms with Crippen LogP contribution in [0, 0.1) is 0 Å². The summed E-state index contributed by atoms with van der Waals surface area (Å²) in [5.41, 5.74) is 0.926. The molecule has 4 nitrogen and oxygen atoms in total. The Bertz CT molecular complexity index is 610. The molecule has 1 unspecified atom stereocenters. The minimum absolute atomic E-state index is 0.352. The molecule has 0 aliphatic carbocycles. The molecule has 0 saturated carbocycles. The minimum atomic E-state index is 0.352. The maximum absolute atomic E-state index is 5.73. The van der Waals surface area contributed by atoms with Gasteiger partial charge in [-0.05, 0) is 53.6 Å². The first kappa shape index (κ1) is 15.1. The van der Waals surface area contributed by atoms with E-state index >= 15 is 0 Å². The van der Waals surface area contributed by atoms with Crippen molar-refractivity contribution in [2.75, 3.05) is 12.3 Å². The lowest BCUT2D eigenvalue weighted by Gasteiger charge is -2.22. The van der Waals surface area contributed by atoms with E-state index in [2.05, 4.69) is 38.4 Å². The van der Waals surface area contributed by atoms with Crippen LogP contribution in [-0.2, 0) is 6.54 Å². The predicted octanol–water partition coefficient (Wildman–Crippen LogP) is 3.87. The van der Waals surface area contributed by atoms with E-state index in [0.717, 1.165) is 16.6 Å². The zero-order valence-corrected chi connectivity index (χ0v) is 14.3. The summed E-state index contributed by atoms with van der Waals surface area (Å²) in [7, 11) is 0. The summed E-state index contributed by atoms with van der Waals surface area (Å²) in [6, 6.07) is 7.85. The van der Waals surface area contributed by atoms with Crippen LogP contribution in [0.1, 0.15) is 25.7 Å². The zero-order chi connectivity index (χ0) is 14.7. The number of halogens is 1. The Labute approximate surface area is 137 Å². The number of hydrogen-bond donors (Lipinski definition) is 1. The van der Waals surface area contributed by atoms with Gasteiger partial charge in [0.1, 0.15) is 0 Å². The van der Waals surface area contributed by atoms with E-state index in [1.54, 1.807) is 0 Å². The molecule has 0 radical (unpaired) electrons. The third kappa shape index (κ3) is 3.67. The summed E-state index contributed by atoms with van der Waals surface area (Å²) in [5, 5.41) is 11.7. The molecule has 3 rings (SSSR count). The van der Waals surface area contributed by atoms with E-state index in [1.165, 1.54) is 18.6 Å². The van der Waals surface area contributed by atoms with Crippen molar-refractivity contribution in [2.45, 2.75) is 31.1 Å². The van der Waals surface area contributed by atoms with Crippen LogP contribution < -0.4 is 5.32 Å². The molecule has 6 heteroatoms. The smallest absolute Gasteiger partial charge is 0.248 e. The average Bonchev–Trinajstić information content (AvgIpc) is 3.09. The van der Waals surface area contributed by atoms with Gasteiger partial charge in [0.2, 0.25) is 11.8 Å². The molecule has 1 aliphatic heterocycles. The Hall–Kier alpha value is -0.850. The first-order chi connectivity index (χ1) is 10.2. The third-order valence-corrected chi connectivity index (χ3v) is 5.88. The van der Waals surface area contributed by atoms with Crippen LogP contribution in [0.25, 0.3) is 11.5 Å². The van der Waals surface area contributed by atoms with Crippen LogP contribution in [0.5, 0.6) is 0 Å². The lowest BCUT2D eigenvalue weighted by Crippen LogP contribution is -2.32. The van der Waals surface area contributed by atoms with Gasteiger partial charge in [-0.3, -0.25) is 0 Å². The van der Waals surface area contributed by atoms with Crippen molar-refractivity contribution in [1.29, 1.82) is 0 Å². The predicted molar refractivity (Wildman–Crippen MR) is 89.2 cm³/mol. The highest BCUT2D eigenvalue weighted by Gasteiger charge is 2.28. The lowest BCUT2D eigenvalue weighted by atomic mass is 10.1. The first-order valence-electron chi connectivity index (χ1n) is 7.08. The monoisotopic (exact) mass is 367 g/mol. The first-order valence-corrected chi connectivity index (χ1v) is 8.86. The molecule has 1 fully saturated rings. The highest BCUT2D eigenvalue weighted by atomic mass is 79.9. The maximum atomic E-state index is 5.73. The number of thioether (sulfide) groups is 1. The SMILES string of the molecule is CC1(CNCc2nnc(-c3ccccc3Br)o2)CCCS1. The summed E-state index contributed by atoms with van der Waals surface area (Å²) < 4.78 is 7.04. The van der Waals surface area contributed by atoms with Gasteiger partial charge in [0, 0.05) is 15.8 Å². The number of nitrogens with zero attached hydrogens (tertiary/aromatic N) is 2. The number of nitrogens with one attached hydrogen (secondary N) is 1. The number of aromatic nitrogens is 2. The molecule has 0 amide bonds. The molecular weight excluding hydrogens is 350 g/mol. The highest BCUT2D eigenvalue weighted by Crippen LogP contribution is 2.37. The topological polar surface area (TPSA) is 51.0 Å². The van der Waals surface area contributed by atoms with Crippen LogP contribution in [0.15, 0.2) is 33.2 Å². The Balaban J connectivity index is 1.59. The van der Waals surface area contributed by atoms with Crippen LogP contribution in [0.4, 0.5) is 0 Å². The molecule has 1 saturated heterocycles. The molecule has 1 aromatic carbocycles. The summed E-state index contributed by atoms with van der Waals surface area (Å²) >= 11 is 5.55. The van der Waals surface area contributed by atoms with Crippen molar-refractivity contribution in [3.63, 3.8) is 0 Å². The van der Waals surface area contributed by atoms with Crippen molar-refractivity contribution in [3.8, 4) is 11.5 Å². The second-order valence-electron chi connectivity index (χ2n) is 5.49. The Kier molecular flexibility index (Phi) is 4.66. The fourth-order valence-electron chi connectivity index (χ4n) is 2.48. The normalized spacial score (nSPS) is 21.8. The molecule has 1 N–H and O–H groups in total. The van der Waals surface area contributed by atoms with Gasteiger partial charge in [0.15, 0.2) is 0 Å². The molecule has 112 valence electrons. The minimum Gasteiger partial charge on any atom is -0.419 e. The Morgan fingerprint density at radius 3 is 3.00 bits per heavy atom. The van der Waals surface area contributed by atoms with Gasteiger partial charge in [-0.25, -0.2) is 0 Å². The quantitative estimate of drug-likeness (QED) is 0.868. The number of hydrogen-bond acceptors (Lipinski definition) is 5. The second-order valence-corrected chi connectivity index (χ2v) is 8.02. The van der Waals surface area contributed by atoms with Gasteiger partial charge in [-0.15, -0.1) is 10.2 Å². The number of rotatable bonds is 5. The maximum Gasteiger partial charge on any atom is 0.248 e. The van der Waals surface area contributed by atoms with E-state index in [-0.39, 0.29) is 0 Å². The summed E-state index contributed by atoms with van der Waals surface area (Å²) in [6.07, 6.45) is 2.59. The van der Waals surface area contributed by atoms with Gasteiger partial charge < -0.3 is 9.73 Å². The van der Waals surface area contributed by atoms with Gasteiger partial charge in [-0.1, -0.05) is 12.1 Å². The zero-order valence-electron chi connectivity index (χ0n) is 11.9. The third-order valence-electron chi connectivity index (χ3n) is 3.65. The molecule has 1 aliphatic rings. The highest BCUT2D eigenvalue weighted by molar-refractivity contribution is 9.10. The lowest BCUT2D eigenvalue weighted by molar-refractivity contribution is 0.457. The Morgan fingerprint density at radius 1 is 1.38 bits per heavy atom. The molecule has 21 heavy (non-hydrogen) atoms. The van der Waals surface area contributed by atoms with Crippen molar-refractivity contribution >= 4 is 27.7 Å². The van der Waals surface area contributed by atoms with E-state index in [1.807, 2.05) is 36.0 Å². The van der Waals surface area contributed by atoms with Crippen molar-refractivity contribution in [1.82, 2.24) is 15.5 Å². The van der Waals surface area contributed by atoms with E-state index in [4.69, 9.17) is 4.42 Å². The molecule has 2 heterocycles. The van der Waals surface area contributed by atoms with Crippen molar-refractivity contribution in [3.05, 3.63) is 34.6 Å². The largest absolute Gasteiger partial charge is 0.419 e. The number of benzene rings is 1. The molecule has 0 bridgehead atoms. The van der Waals surface area contributed by atoms with Gasteiger partial charge in [0.25, 0.3) is 0 Å². The summed E-state index contributed by atoms with van der Waals surface area (Å²) in [5.74, 6) is 2.46. The molecule has 2 aromatic rings. The molecule has 0 spiro atoms. The van der Waals surface area contributed by atoms with Crippen LogP contribution in [-0.4, -0.2) is 27.2 Å². The van der Waals surface area contributed by atoms with Crippen molar-refractivity contribution in [2.24, 2.45) is 0 Å². The van der Waals surface area contributed by atoms with Gasteiger partial charge >= 0.3 is 0 Å². The molecule has 1 atom stereocenters. The van der Waals surface area contributed by atoms with Crippen LogP contribution >= 0.6 is 27.7 Å². The van der Waals surface area contributed by atoms with Crippen molar-refractivity contribution < 1.29 is 4.42 Å². The van der Waals surface area contributed by atoms with E-state index in [9.17, 15) is 0 Å². The standard InChI is InChI=1S/C15H18BrN3OS/c1-15(7-4-8-21-15)10-17-9-13-18-19-14(20-13)11-5-2-3-6-12(11)16/h2-3,5-6,17H,4,7-10H2,1H3. The van der Waals surface area contributed by atoms with E-state index in [0.29, 0.717) is 23.1 Å². The van der Waals surface area contributed by atoms with Crippen LogP contribution in [0.2, 0.25) is 0 Å². The Morgan fingerprint density at radius 2 is 2.24 bits per heavy atom. The molecular formula is C15H18BrN3OS. The fourth-order valence-corrected chi connectivity index (χ4v) is 4.21. The van der Waals surface area contributed by atoms with Gasteiger partial charge in [-0.2, -0.15) is 11.8 Å².